The molecule has 14 heavy (non-hydrogen) atoms. The zero-order valence-corrected chi connectivity index (χ0v) is 10.2. The van der Waals surface area contributed by atoms with Crippen molar-refractivity contribution in [2.75, 3.05) is 17.6 Å². The van der Waals surface area contributed by atoms with Gasteiger partial charge in [0.25, 0.3) is 0 Å². The molecule has 0 atom stereocenters. The molecule has 1 rings (SSSR count). The van der Waals surface area contributed by atoms with Gasteiger partial charge in [-0.25, -0.2) is 0 Å². The maximum Gasteiger partial charge on any atom is 0.128 e. The van der Waals surface area contributed by atoms with Gasteiger partial charge in [-0.1, -0.05) is 6.92 Å². The molecule has 0 radical (unpaired) electrons. The van der Waals surface area contributed by atoms with Crippen LogP contribution < -0.4 is 5.32 Å². The van der Waals surface area contributed by atoms with E-state index in [-0.39, 0.29) is 0 Å². The van der Waals surface area contributed by atoms with Crippen molar-refractivity contribution in [1.82, 2.24) is 9.78 Å². The molecule has 1 aromatic rings. The monoisotopic (exact) mass is 213 g/mol. The van der Waals surface area contributed by atoms with Crippen molar-refractivity contribution in [2.45, 2.75) is 26.5 Å². The van der Waals surface area contributed by atoms with Crippen LogP contribution in [0.15, 0.2) is 0 Å². The maximum atomic E-state index is 4.42. The van der Waals surface area contributed by atoms with E-state index in [1.165, 1.54) is 11.4 Å². The summed E-state index contributed by atoms with van der Waals surface area (Å²) >= 11 is 1.94. The minimum Gasteiger partial charge on any atom is -0.370 e. The highest BCUT2D eigenvalue weighted by Gasteiger charge is 2.11. The van der Waals surface area contributed by atoms with Gasteiger partial charge in [-0.05, 0) is 19.6 Å². The SMILES string of the molecule is CCNc1c(CSCC)c(C)nn1C. The van der Waals surface area contributed by atoms with Gasteiger partial charge in [0.05, 0.1) is 5.69 Å². The maximum absolute atomic E-state index is 4.42. The number of aryl methyl sites for hydroxylation is 2. The molecule has 4 heteroatoms. The zero-order valence-electron chi connectivity index (χ0n) is 9.42. The first-order chi connectivity index (χ1) is 6.70. The van der Waals surface area contributed by atoms with Crippen molar-refractivity contribution in [3.8, 4) is 0 Å². The standard InChI is InChI=1S/C10H19N3S/c1-5-11-10-9(7-14-6-2)8(3)12-13(10)4/h11H,5-7H2,1-4H3. The Labute approximate surface area is 90.3 Å². The van der Waals surface area contributed by atoms with E-state index in [2.05, 4.69) is 31.2 Å². The number of rotatable bonds is 5. The number of hydrogen-bond acceptors (Lipinski definition) is 3. The molecule has 0 spiro atoms. The number of anilines is 1. The minimum atomic E-state index is 0.947. The third-order valence-electron chi connectivity index (χ3n) is 2.14. The van der Waals surface area contributed by atoms with E-state index < -0.39 is 0 Å². The van der Waals surface area contributed by atoms with E-state index in [1.54, 1.807) is 0 Å². The van der Waals surface area contributed by atoms with Gasteiger partial charge in [0.1, 0.15) is 5.82 Å². The number of thioether (sulfide) groups is 1. The van der Waals surface area contributed by atoms with Crippen molar-refractivity contribution < 1.29 is 0 Å². The van der Waals surface area contributed by atoms with E-state index in [9.17, 15) is 0 Å². The quantitative estimate of drug-likeness (QED) is 0.814. The summed E-state index contributed by atoms with van der Waals surface area (Å²) in [5, 5.41) is 7.78. The van der Waals surface area contributed by atoms with Gasteiger partial charge in [0.2, 0.25) is 0 Å². The van der Waals surface area contributed by atoms with E-state index >= 15 is 0 Å². The van der Waals surface area contributed by atoms with Crippen LogP contribution in [0.3, 0.4) is 0 Å². The molecule has 1 N–H and O–H groups in total. The molecule has 0 aromatic carbocycles. The fourth-order valence-electron chi connectivity index (χ4n) is 1.47. The van der Waals surface area contributed by atoms with Gasteiger partial charge in [0.15, 0.2) is 0 Å². The first kappa shape index (κ1) is 11.4. The lowest BCUT2D eigenvalue weighted by atomic mass is 10.3. The molecule has 0 fully saturated rings. The first-order valence-electron chi connectivity index (χ1n) is 5.04. The van der Waals surface area contributed by atoms with Crippen molar-refractivity contribution >= 4 is 17.6 Å². The van der Waals surface area contributed by atoms with Crippen molar-refractivity contribution in [3.63, 3.8) is 0 Å². The van der Waals surface area contributed by atoms with Crippen LogP contribution in [-0.2, 0) is 12.8 Å². The van der Waals surface area contributed by atoms with Gasteiger partial charge in [-0.2, -0.15) is 16.9 Å². The Hall–Kier alpha value is -0.640. The van der Waals surface area contributed by atoms with Gasteiger partial charge in [-0.15, -0.1) is 0 Å². The lowest BCUT2D eigenvalue weighted by Crippen LogP contribution is -2.05. The summed E-state index contributed by atoms with van der Waals surface area (Å²) in [5.74, 6) is 3.38. The molecule has 0 saturated heterocycles. The zero-order chi connectivity index (χ0) is 10.6. The molecule has 0 aliphatic heterocycles. The average Bonchev–Trinajstić information content (AvgIpc) is 2.40. The highest BCUT2D eigenvalue weighted by molar-refractivity contribution is 7.98. The summed E-state index contributed by atoms with van der Waals surface area (Å²) in [7, 11) is 1.99. The minimum absolute atomic E-state index is 0.947. The molecule has 0 bridgehead atoms. The number of nitrogens with one attached hydrogen (secondary N) is 1. The molecule has 3 nitrogen and oxygen atoms in total. The van der Waals surface area contributed by atoms with Gasteiger partial charge in [-0.3, -0.25) is 4.68 Å². The number of hydrogen-bond donors (Lipinski definition) is 1. The van der Waals surface area contributed by atoms with Crippen LogP contribution in [0.2, 0.25) is 0 Å². The molecule has 0 unspecified atom stereocenters. The van der Waals surface area contributed by atoms with Crippen LogP contribution in [0.1, 0.15) is 25.1 Å². The second-order valence-electron chi connectivity index (χ2n) is 3.20. The highest BCUT2D eigenvalue weighted by Crippen LogP contribution is 2.23. The van der Waals surface area contributed by atoms with Crippen molar-refractivity contribution in [2.24, 2.45) is 7.05 Å². The molecule has 0 saturated carbocycles. The van der Waals surface area contributed by atoms with Crippen molar-refractivity contribution in [1.29, 1.82) is 0 Å². The first-order valence-corrected chi connectivity index (χ1v) is 6.20. The summed E-state index contributed by atoms with van der Waals surface area (Å²) in [6.07, 6.45) is 0. The van der Waals surface area contributed by atoms with E-state index in [0.717, 1.165) is 23.7 Å². The molecule has 1 aromatic heterocycles. The summed E-state index contributed by atoms with van der Waals surface area (Å²) in [4.78, 5) is 0. The van der Waals surface area contributed by atoms with Crippen molar-refractivity contribution in [3.05, 3.63) is 11.3 Å². The third-order valence-corrected chi connectivity index (χ3v) is 3.04. The topological polar surface area (TPSA) is 29.9 Å². The van der Waals surface area contributed by atoms with E-state index in [1.807, 2.05) is 23.5 Å². The normalized spacial score (nSPS) is 10.6. The average molecular weight is 213 g/mol. The second-order valence-corrected chi connectivity index (χ2v) is 4.48. The molecular formula is C10H19N3S. The molecule has 1 heterocycles. The van der Waals surface area contributed by atoms with Gasteiger partial charge in [0, 0.05) is 24.9 Å². The van der Waals surface area contributed by atoms with E-state index in [0.29, 0.717) is 0 Å². The van der Waals surface area contributed by atoms with E-state index in [4.69, 9.17) is 0 Å². The van der Waals surface area contributed by atoms with Crippen LogP contribution in [0, 0.1) is 6.92 Å². The summed E-state index contributed by atoms with van der Waals surface area (Å²) < 4.78 is 1.93. The van der Waals surface area contributed by atoms with Crippen LogP contribution in [0.5, 0.6) is 0 Å². The largest absolute Gasteiger partial charge is 0.370 e. The predicted molar refractivity (Wildman–Crippen MR) is 63.9 cm³/mol. The number of nitrogens with zero attached hydrogens (tertiary/aromatic N) is 2. The summed E-state index contributed by atoms with van der Waals surface area (Å²) in [6, 6.07) is 0. The molecule has 0 aliphatic carbocycles. The fraction of sp³-hybridized carbons (Fsp3) is 0.700. The fourth-order valence-corrected chi connectivity index (χ4v) is 2.22. The van der Waals surface area contributed by atoms with Crippen LogP contribution >= 0.6 is 11.8 Å². The Kier molecular flexibility index (Phi) is 4.32. The molecular weight excluding hydrogens is 194 g/mol. The summed E-state index contributed by atoms with van der Waals surface area (Å²) in [6.45, 7) is 7.32. The smallest absolute Gasteiger partial charge is 0.128 e. The van der Waals surface area contributed by atoms with Crippen LogP contribution in [0.4, 0.5) is 5.82 Å². The Morgan fingerprint density at radius 3 is 2.71 bits per heavy atom. The van der Waals surface area contributed by atoms with Crippen LogP contribution in [0.25, 0.3) is 0 Å². The number of aromatic nitrogens is 2. The Balaban J connectivity index is 2.86. The highest BCUT2D eigenvalue weighted by atomic mass is 32.2. The summed E-state index contributed by atoms with van der Waals surface area (Å²) in [5.41, 5.74) is 2.49. The Bertz CT molecular complexity index is 294. The predicted octanol–water partition coefficient (Wildman–Crippen LogP) is 2.41. The third kappa shape index (κ3) is 2.44. The Morgan fingerprint density at radius 2 is 2.14 bits per heavy atom. The van der Waals surface area contributed by atoms with Crippen LogP contribution in [-0.4, -0.2) is 22.1 Å². The lowest BCUT2D eigenvalue weighted by molar-refractivity contribution is 0.760. The van der Waals surface area contributed by atoms with Gasteiger partial charge < -0.3 is 5.32 Å². The molecule has 0 amide bonds. The molecule has 0 aliphatic rings. The molecule has 80 valence electrons. The lowest BCUT2D eigenvalue weighted by Gasteiger charge is -2.06. The second kappa shape index (κ2) is 5.29. The Morgan fingerprint density at radius 1 is 1.43 bits per heavy atom. The van der Waals surface area contributed by atoms with Gasteiger partial charge >= 0.3 is 0 Å².